The van der Waals surface area contributed by atoms with Gasteiger partial charge in [-0.2, -0.15) is 0 Å². The molecule has 2 aliphatic rings. The lowest BCUT2D eigenvalue weighted by Gasteiger charge is -2.31. The number of imidazole rings is 1. The molecule has 2 aliphatic heterocycles. The Labute approximate surface area is 172 Å². The van der Waals surface area contributed by atoms with Crippen LogP contribution in [0.5, 0.6) is 0 Å². The lowest BCUT2D eigenvalue weighted by Crippen LogP contribution is -2.40. The van der Waals surface area contributed by atoms with Gasteiger partial charge < -0.3 is 14.8 Å². The van der Waals surface area contributed by atoms with Crippen molar-refractivity contribution >= 4 is 11.8 Å². The Kier molecular flexibility index (Phi) is 5.69. The molecule has 0 spiro atoms. The van der Waals surface area contributed by atoms with E-state index in [1.807, 2.05) is 46.7 Å². The average molecular weight is 395 g/mol. The zero-order valence-electron chi connectivity index (χ0n) is 17.4. The van der Waals surface area contributed by atoms with Crippen molar-refractivity contribution in [3.8, 4) is 0 Å². The Morgan fingerprint density at radius 3 is 2.69 bits per heavy atom. The number of carbonyl (C=O) groups is 2. The molecule has 1 fully saturated rings. The van der Waals surface area contributed by atoms with Gasteiger partial charge in [0, 0.05) is 19.6 Å². The predicted octanol–water partition coefficient (Wildman–Crippen LogP) is 3.58. The maximum absolute atomic E-state index is 13.2. The van der Waals surface area contributed by atoms with Gasteiger partial charge in [-0.3, -0.25) is 9.59 Å². The number of hydrogen-bond donors (Lipinski definition) is 1. The summed E-state index contributed by atoms with van der Waals surface area (Å²) in [6.45, 7) is 6.46. The Morgan fingerprint density at radius 1 is 1.14 bits per heavy atom. The monoisotopic (exact) mass is 394 g/mol. The lowest BCUT2D eigenvalue weighted by atomic mass is 10.0. The highest BCUT2D eigenvalue weighted by Crippen LogP contribution is 2.24. The fourth-order valence-corrected chi connectivity index (χ4v) is 4.49. The van der Waals surface area contributed by atoms with E-state index in [0.717, 1.165) is 63.0 Å². The second-order valence-corrected chi connectivity index (χ2v) is 8.44. The van der Waals surface area contributed by atoms with Gasteiger partial charge in [-0.25, -0.2) is 4.98 Å². The van der Waals surface area contributed by atoms with E-state index in [0.29, 0.717) is 17.4 Å². The van der Waals surface area contributed by atoms with Crippen molar-refractivity contribution in [2.75, 3.05) is 13.1 Å². The van der Waals surface area contributed by atoms with Crippen LogP contribution in [0, 0.1) is 5.92 Å². The fourth-order valence-electron chi connectivity index (χ4n) is 4.49. The molecule has 1 N–H and O–H groups in total. The summed E-state index contributed by atoms with van der Waals surface area (Å²) in [7, 11) is 0. The topological polar surface area (TPSA) is 67.2 Å². The van der Waals surface area contributed by atoms with Crippen LogP contribution in [0.25, 0.3) is 0 Å². The van der Waals surface area contributed by atoms with E-state index in [2.05, 4.69) is 17.2 Å². The van der Waals surface area contributed by atoms with Crippen LogP contribution in [0.1, 0.15) is 77.9 Å². The van der Waals surface area contributed by atoms with Crippen molar-refractivity contribution in [1.29, 1.82) is 0 Å². The predicted molar refractivity (Wildman–Crippen MR) is 112 cm³/mol. The second kappa shape index (κ2) is 8.39. The van der Waals surface area contributed by atoms with E-state index in [1.165, 1.54) is 0 Å². The Morgan fingerprint density at radius 2 is 1.93 bits per heavy atom. The molecule has 2 amide bonds. The molecule has 2 atom stereocenters. The molecule has 3 heterocycles. The quantitative estimate of drug-likeness (QED) is 0.862. The number of nitrogens with one attached hydrogen (secondary N) is 1. The van der Waals surface area contributed by atoms with Crippen molar-refractivity contribution in [2.24, 2.45) is 5.92 Å². The summed E-state index contributed by atoms with van der Waals surface area (Å²) in [5.41, 5.74) is 2.37. The number of hydrogen-bond acceptors (Lipinski definition) is 3. The number of carbonyl (C=O) groups excluding carboxylic acids is 2. The maximum atomic E-state index is 13.2. The molecule has 6 nitrogen and oxygen atoms in total. The number of piperidine rings is 1. The molecule has 2 aromatic rings. The molecule has 0 saturated carbocycles. The smallest absolute Gasteiger partial charge is 0.289 e. The minimum absolute atomic E-state index is 0.0325. The van der Waals surface area contributed by atoms with Crippen LogP contribution >= 0.6 is 0 Å². The Bertz CT molecular complexity index is 890. The van der Waals surface area contributed by atoms with E-state index < -0.39 is 0 Å². The van der Waals surface area contributed by atoms with E-state index in [9.17, 15) is 9.59 Å². The second-order valence-electron chi connectivity index (χ2n) is 8.44. The zero-order valence-corrected chi connectivity index (χ0v) is 17.4. The molecule has 1 saturated heterocycles. The molecule has 2 unspecified atom stereocenters. The van der Waals surface area contributed by atoms with Crippen LogP contribution in [0.15, 0.2) is 30.3 Å². The van der Waals surface area contributed by atoms with Crippen LogP contribution in [-0.4, -0.2) is 39.4 Å². The normalized spacial score (nSPS) is 20.1. The minimum Gasteiger partial charge on any atom is -0.344 e. The third-order valence-corrected chi connectivity index (χ3v) is 6.12. The first-order valence-electron chi connectivity index (χ1n) is 10.8. The molecule has 4 rings (SSSR count). The number of fused-ring (bicyclic) bond motifs is 1. The Balaban J connectivity index is 1.59. The summed E-state index contributed by atoms with van der Waals surface area (Å²) in [4.78, 5) is 32.8. The highest BCUT2D eigenvalue weighted by Gasteiger charge is 2.31. The van der Waals surface area contributed by atoms with E-state index in [4.69, 9.17) is 0 Å². The van der Waals surface area contributed by atoms with Gasteiger partial charge in [-0.05, 0) is 50.5 Å². The lowest BCUT2D eigenvalue weighted by molar-refractivity contribution is 0.0664. The molecule has 1 aromatic carbocycles. The molecule has 0 bridgehead atoms. The molecule has 0 radical (unpaired) electrons. The first kappa shape index (κ1) is 19.7. The standard InChI is InChI=1S/C23H30N4O2/c1-16-9-8-13-26(15-16)23(29)21-25-20(19-12-6-7-14-27(19)21)22(28)24-17(2)18-10-4-3-5-11-18/h3-5,10-11,16-17H,6-9,12-15H2,1-2H3,(H,24,28). The number of nitrogens with zero attached hydrogens (tertiary/aromatic N) is 3. The molecule has 1 aromatic heterocycles. The number of likely N-dealkylation sites (tertiary alicyclic amines) is 1. The van der Waals surface area contributed by atoms with Crippen LogP contribution in [0.3, 0.4) is 0 Å². The van der Waals surface area contributed by atoms with Crippen molar-refractivity contribution < 1.29 is 9.59 Å². The van der Waals surface area contributed by atoms with Crippen LogP contribution in [0.4, 0.5) is 0 Å². The molecule has 0 aliphatic carbocycles. The Hall–Kier alpha value is -2.63. The largest absolute Gasteiger partial charge is 0.344 e. The summed E-state index contributed by atoms with van der Waals surface area (Å²) < 4.78 is 1.99. The highest BCUT2D eigenvalue weighted by atomic mass is 16.2. The summed E-state index contributed by atoms with van der Waals surface area (Å²) in [6.07, 6.45) is 5.02. The summed E-state index contributed by atoms with van der Waals surface area (Å²) in [5.74, 6) is 0.720. The van der Waals surface area contributed by atoms with Crippen LogP contribution in [-0.2, 0) is 13.0 Å². The van der Waals surface area contributed by atoms with E-state index in [1.54, 1.807) is 0 Å². The maximum Gasteiger partial charge on any atom is 0.289 e. The summed E-state index contributed by atoms with van der Waals surface area (Å²) in [6, 6.07) is 9.77. The third-order valence-electron chi connectivity index (χ3n) is 6.12. The van der Waals surface area contributed by atoms with Gasteiger partial charge in [0.1, 0.15) is 5.69 Å². The third kappa shape index (κ3) is 4.07. The number of rotatable bonds is 4. The van der Waals surface area contributed by atoms with Gasteiger partial charge >= 0.3 is 0 Å². The van der Waals surface area contributed by atoms with Crippen LogP contribution < -0.4 is 5.32 Å². The number of aromatic nitrogens is 2. The van der Waals surface area contributed by atoms with Crippen molar-refractivity contribution in [3.05, 3.63) is 53.1 Å². The molecular formula is C23H30N4O2. The summed E-state index contributed by atoms with van der Waals surface area (Å²) in [5, 5.41) is 3.06. The van der Waals surface area contributed by atoms with Gasteiger partial charge in [-0.1, -0.05) is 37.3 Å². The molecule has 6 heteroatoms. The number of benzene rings is 1. The SMILES string of the molecule is CC1CCCN(C(=O)c2nc(C(=O)NC(C)c3ccccc3)c3n2CCCC3)C1. The van der Waals surface area contributed by atoms with Gasteiger partial charge in [-0.15, -0.1) is 0 Å². The van der Waals surface area contributed by atoms with Gasteiger partial charge in [0.25, 0.3) is 11.8 Å². The first-order valence-corrected chi connectivity index (χ1v) is 10.8. The molecule has 154 valence electrons. The number of amides is 2. The zero-order chi connectivity index (χ0) is 20.4. The van der Waals surface area contributed by atoms with Gasteiger partial charge in [0.15, 0.2) is 5.82 Å². The van der Waals surface area contributed by atoms with Crippen molar-refractivity contribution in [2.45, 2.75) is 58.5 Å². The van der Waals surface area contributed by atoms with E-state index in [-0.39, 0.29) is 17.9 Å². The minimum atomic E-state index is -0.196. The van der Waals surface area contributed by atoms with Gasteiger partial charge in [0.05, 0.1) is 11.7 Å². The van der Waals surface area contributed by atoms with Crippen molar-refractivity contribution in [1.82, 2.24) is 19.8 Å². The summed E-state index contributed by atoms with van der Waals surface area (Å²) >= 11 is 0. The van der Waals surface area contributed by atoms with Gasteiger partial charge in [0.2, 0.25) is 0 Å². The first-order chi connectivity index (χ1) is 14.0. The fraction of sp³-hybridized carbons (Fsp3) is 0.522. The molecular weight excluding hydrogens is 364 g/mol. The average Bonchev–Trinajstić information content (AvgIpc) is 3.13. The molecule has 29 heavy (non-hydrogen) atoms. The van der Waals surface area contributed by atoms with E-state index >= 15 is 0 Å². The highest BCUT2D eigenvalue weighted by molar-refractivity contribution is 5.97. The van der Waals surface area contributed by atoms with Crippen LogP contribution in [0.2, 0.25) is 0 Å². The van der Waals surface area contributed by atoms with Crippen molar-refractivity contribution in [3.63, 3.8) is 0 Å².